The lowest BCUT2D eigenvalue weighted by Gasteiger charge is -2.24. The first-order valence-corrected chi connectivity index (χ1v) is 9.49. The average molecular weight is 295 g/mol. The Hall–Kier alpha value is -0.483. The van der Waals surface area contributed by atoms with Gasteiger partial charge in [0.05, 0.1) is 5.38 Å². The molecule has 1 aromatic rings. The maximum Gasteiger partial charge on any atom is 0.389 e. The molecule has 0 aliphatic carbocycles. The molecule has 0 nitrogen and oxygen atoms in total. The Kier molecular flexibility index (Phi) is 5.72. The van der Waals surface area contributed by atoms with E-state index in [-0.39, 0.29) is 11.8 Å². The van der Waals surface area contributed by atoms with E-state index in [1.807, 2.05) is 30.3 Å². The van der Waals surface area contributed by atoms with Gasteiger partial charge in [0.1, 0.15) is 0 Å². The van der Waals surface area contributed by atoms with Gasteiger partial charge in [-0.25, -0.2) is 0 Å². The highest BCUT2D eigenvalue weighted by Gasteiger charge is 2.41. The van der Waals surface area contributed by atoms with Crippen LogP contribution in [0.3, 0.4) is 0 Å². The zero-order valence-electron chi connectivity index (χ0n) is 10.5. The van der Waals surface area contributed by atoms with Gasteiger partial charge in [0.15, 0.2) is 0 Å². The molecule has 0 spiro atoms. The molecule has 0 bridgehead atoms. The summed E-state index contributed by atoms with van der Waals surface area (Å²) in [6.07, 6.45) is -3.56. The predicted molar refractivity (Wildman–Crippen MR) is 73.0 cm³/mol. The van der Waals surface area contributed by atoms with Crippen molar-refractivity contribution in [2.24, 2.45) is 0 Å². The van der Waals surface area contributed by atoms with E-state index in [9.17, 15) is 13.2 Å². The van der Waals surface area contributed by atoms with Crippen molar-refractivity contribution < 1.29 is 13.2 Å². The largest absolute Gasteiger partial charge is 0.389 e. The van der Waals surface area contributed by atoms with Gasteiger partial charge in [0.2, 0.25) is 0 Å². The fourth-order valence-electron chi connectivity index (χ4n) is 2.03. The molecule has 1 rings (SSSR count). The van der Waals surface area contributed by atoms with Gasteiger partial charge in [-0.2, -0.15) is 13.2 Å². The van der Waals surface area contributed by atoms with Gasteiger partial charge in [-0.3, -0.25) is 0 Å². The van der Waals surface area contributed by atoms with Gasteiger partial charge in [-0.05, 0) is 18.4 Å². The van der Waals surface area contributed by atoms with Crippen molar-refractivity contribution in [1.82, 2.24) is 0 Å². The van der Waals surface area contributed by atoms with Crippen LogP contribution in [0.5, 0.6) is 0 Å². The van der Waals surface area contributed by atoms with E-state index in [4.69, 9.17) is 11.6 Å². The SMILES string of the molecule is C[SiH](C)C(CCC(Cl)c1ccccc1)C(F)(F)F. The van der Waals surface area contributed by atoms with Crippen LogP contribution in [-0.4, -0.2) is 15.0 Å². The molecule has 0 radical (unpaired) electrons. The molecule has 2 atom stereocenters. The summed E-state index contributed by atoms with van der Waals surface area (Å²) in [6, 6.07) is 9.28. The van der Waals surface area contributed by atoms with Gasteiger partial charge in [0.25, 0.3) is 0 Å². The lowest BCUT2D eigenvalue weighted by atomic mass is 10.1. The summed E-state index contributed by atoms with van der Waals surface area (Å²) in [5.74, 6) is 0. The Morgan fingerprint density at radius 2 is 1.67 bits per heavy atom. The van der Waals surface area contributed by atoms with Gasteiger partial charge in [-0.15, -0.1) is 11.6 Å². The van der Waals surface area contributed by atoms with Crippen molar-refractivity contribution in [2.75, 3.05) is 0 Å². The van der Waals surface area contributed by atoms with E-state index in [1.54, 1.807) is 13.1 Å². The topological polar surface area (TPSA) is 0 Å². The smallest absolute Gasteiger partial charge is 0.171 e. The molecule has 0 aliphatic heterocycles. The highest BCUT2D eigenvalue weighted by molar-refractivity contribution is 6.57. The minimum atomic E-state index is -4.08. The van der Waals surface area contributed by atoms with Crippen LogP contribution >= 0.6 is 11.6 Å². The Morgan fingerprint density at radius 3 is 2.11 bits per heavy atom. The van der Waals surface area contributed by atoms with Crippen molar-refractivity contribution >= 4 is 20.4 Å². The van der Waals surface area contributed by atoms with E-state index < -0.39 is 20.5 Å². The summed E-state index contributed by atoms with van der Waals surface area (Å²) in [6.45, 7) is 3.48. The lowest BCUT2D eigenvalue weighted by Crippen LogP contribution is -2.28. The van der Waals surface area contributed by atoms with Gasteiger partial charge in [-0.1, -0.05) is 43.4 Å². The average Bonchev–Trinajstić information content (AvgIpc) is 2.28. The molecule has 0 amide bonds. The van der Waals surface area contributed by atoms with E-state index in [1.165, 1.54) is 0 Å². The molecule has 18 heavy (non-hydrogen) atoms. The quantitative estimate of drug-likeness (QED) is 0.519. The van der Waals surface area contributed by atoms with E-state index in [0.717, 1.165) is 5.56 Å². The molecule has 0 N–H and O–H groups in total. The first-order valence-electron chi connectivity index (χ1n) is 6.08. The second kappa shape index (κ2) is 6.62. The highest BCUT2D eigenvalue weighted by atomic mass is 35.5. The van der Waals surface area contributed by atoms with Crippen LogP contribution in [0.1, 0.15) is 23.8 Å². The lowest BCUT2D eigenvalue weighted by molar-refractivity contribution is -0.135. The molecule has 5 heteroatoms. The molecule has 0 aromatic heterocycles. The second-order valence-electron chi connectivity index (χ2n) is 4.85. The van der Waals surface area contributed by atoms with Gasteiger partial charge in [0, 0.05) is 14.3 Å². The van der Waals surface area contributed by atoms with Crippen LogP contribution in [-0.2, 0) is 0 Å². The number of rotatable bonds is 5. The predicted octanol–water partition coefficient (Wildman–Crippen LogP) is 5.17. The molecule has 0 saturated carbocycles. The molecule has 0 heterocycles. The number of halogens is 4. The van der Waals surface area contributed by atoms with E-state index in [0.29, 0.717) is 6.42 Å². The van der Waals surface area contributed by atoms with Crippen molar-refractivity contribution in [2.45, 2.75) is 43.0 Å². The second-order valence-corrected chi connectivity index (χ2v) is 8.67. The van der Waals surface area contributed by atoms with Crippen molar-refractivity contribution in [3.8, 4) is 0 Å². The minimum absolute atomic E-state index is 0.135. The molecular formula is C13H18ClF3Si. The van der Waals surface area contributed by atoms with Gasteiger partial charge >= 0.3 is 6.18 Å². The number of alkyl halides is 4. The third kappa shape index (κ3) is 4.65. The summed E-state index contributed by atoms with van der Waals surface area (Å²) >= 11 is 6.15. The fourth-order valence-corrected chi connectivity index (χ4v) is 3.92. The molecule has 0 saturated heterocycles. The third-order valence-electron chi connectivity index (χ3n) is 3.12. The normalized spacial score (nSPS) is 15.7. The zero-order chi connectivity index (χ0) is 13.8. The van der Waals surface area contributed by atoms with Crippen LogP contribution in [0.2, 0.25) is 18.6 Å². The first-order chi connectivity index (χ1) is 8.32. The summed E-state index contributed by atoms with van der Waals surface area (Å²) in [5, 5.41) is -0.330. The number of hydrogen-bond donors (Lipinski definition) is 0. The van der Waals surface area contributed by atoms with Crippen LogP contribution in [0.25, 0.3) is 0 Å². The van der Waals surface area contributed by atoms with Crippen molar-refractivity contribution in [3.63, 3.8) is 0 Å². The zero-order valence-corrected chi connectivity index (χ0v) is 12.5. The Morgan fingerprint density at radius 1 is 1.11 bits per heavy atom. The van der Waals surface area contributed by atoms with Crippen molar-refractivity contribution in [3.05, 3.63) is 35.9 Å². The summed E-state index contributed by atoms with van der Waals surface area (Å²) in [7, 11) is -1.75. The molecule has 0 aliphatic rings. The van der Waals surface area contributed by atoms with E-state index in [2.05, 4.69) is 0 Å². The van der Waals surface area contributed by atoms with Crippen LogP contribution < -0.4 is 0 Å². The van der Waals surface area contributed by atoms with Crippen LogP contribution in [0.15, 0.2) is 30.3 Å². The number of hydrogen-bond acceptors (Lipinski definition) is 0. The van der Waals surface area contributed by atoms with Gasteiger partial charge < -0.3 is 0 Å². The molecular weight excluding hydrogens is 277 g/mol. The summed E-state index contributed by atoms with van der Waals surface area (Å²) in [4.78, 5) is 0. The third-order valence-corrected chi connectivity index (χ3v) is 5.91. The summed E-state index contributed by atoms with van der Waals surface area (Å²) in [5.41, 5.74) is -0.243. The number of benzene rings is 1. The molecule has 0 fully saturated rings. The molecule has 2 unspecified atom stereocenters. The summed E-state index contributed by atoms with van der Waals surface area (Å²) < 4.78 is 38.4. The minimum Gasteiger partial charge on any atom is -0.171 e. The first kappa shape index (κ1) is 15.6. The molecule has 102 valence electrons. The van der Waals surface area contributed by atoms with Crippen LogP contribution in [0.4, 0.5) is 13.2 Å². The van der Waals surface area contributed by atoms with E-state index >= 15 is 0 Å². The fraction of sp³-hybridized carbons (Fsp3) is 0.538. The maximum atomic E-state index is 12.8. The monoisotopic (exact) mass is 294 g/mol. The molecule has 1 aromatic carbocycles. The van der Waals surface area contributed by atoms with Crippen LogP contribution in [0, 0.1) is 0 Å². The van der Waals surface area contributed by atoms with Crippen molar-refractivity contribution in [1.29, 1.82) is 0 Å². The Balaban J connectivity index is 2.58. The maximum absolute atomic E-state index is 12.8. The standard InChI is InChI=1S/C13H18ClF3Si/c1-18(2)12(13(15,16)17)9-8-11(14)10-6-4-3-5-7-10/h3-7,11-12,18H,8-9H2,1-2H3. The highest BCUT2D eigenvalue weighted by Crippen LogP contribution is 2.40. The Bertz CT molecular complexity index is 351. The Labute approximate surface area is 113 Å².